The molecule has 0 atom stereocenters. The number of aromatic nitrogens is 2. The van der Waals surface area contributed by atoms with Gasteiger partial charge in [-0.1, -0.05) is 41.9 Å². The fraction of sp³-hybridized carbons (Fsp3) is 0.190. The van der Waals surface area contributed by atoms with Crippen LogP contribution < -0.4 is 5.32 Å². The Labute approximate surface area is 163 Å². The van der Waals surface area contributed by atoms with Crippen molar-refractivity contribution in [3.05, 3.63) is 81.6 Å². The van der Waals surface area contributed by atoms with Gasteiger partial charge in [-0.3, -0.25) is 9.48 Å². The smallest absolute Gasteiger partial charge is 0.259 e. The maximum Gasteiger partial charge on any atom is 0.259 e. The zero-order valence-corrected chi connectivity index (χ0v) is 15.9. The highest BCUT2D eigenvalue weighted by atomic mass is 35.5. The predicted molar refractivity (Wildman–Crippen MR) is 106 cm³/mol. The summed E-state index contributed by atoms with van der Waals surface area (Å²) in [5.41, 5.74) is 4.55. The zero-order chi connectivity index (χ0) is 19.4. The van der Waals surface area contributed by atoms with E-state index in [0.29, 0.717) is 34.9 Å². The average molecular weight is 379 g/mol. The van der Waals surface area contributed by atoms with Crippen LogP contribution in [-0.4, -0.2) is 15.7 Å². The van der Waals surface area contributed by atoms with Gasteiger partial charge in [0.25, 0.3) is 5.91 Å². The first-order valence-corrected chi connectivity index (χ1v) is 8.92. The first kappa shape index (κ1) is 18.7. The van der Waals surface area contributed by atoms with Crippen LogP contribution in [0.25, 0.3) is 0 Å². The minimum Gasteiger partial charge on any atom is -0.322 e. The van der Waals surface area contributed by atoms with Gasteiger partial charge >= 0.3 is 0 Å². The monoisotopic (exact) mass is 378 g/mol. The summed E-state index contributed by atoms with van der Waals surface area (Å²) in [7, 11) is 0. The van der Waals surface area contributed by atoms with E-state index in [1.54, 1.807) is 16.8 Å². The van der Waals surface area contributed by atoms with Crippen LogP contribution in [0.15, 0.2) is 48.5 Å². The van der Waals surface area contributed by atoms with Crippen LogP contribution in [0.3, 0.4) is 0 Å². The molecule has 0 aliphatic carbocycles. The fourth-order valence-corrected chi connectivity index (χ4v) is 3.15. The third kappa shape index (κ3) is 4.18. The summed E-state index contributed by atoms with van der Waals surface area (Å²) in [6, 6.07) is 17.0. The number of rotatable bonds is 5. The van der Waals surface area contributed by atoms with Crippen LogP contribution in [0.4, 0.5) is 5.69 Å². The molecule has 3 aromatic rings. The minimum absolute atomic E-state index is 0.205. The van der Waals surface area contributed by atoms with Gasteiger partial charge in [0.15, 0.2) is 0 Å². The molecule has 0 spiro atoms. The van der Waals surface area contributed by atoms with Crippen molar-refractivity contribution in [2.75, 3.05) is 5.32 Å². The number of halogens is 1. The van der Waals surface area contributed by atoms with Crippen LogP contribution in [0, 0.1) is 25.2 Å². The van der Waals surface area contributed by atoms with Crippen LogP contribution >= 0.6 is 11.6 Å². The van der Waals surface area contributed by atoms with Crippen molar-refractivity contribution in [3.8, 4) is 6.07 Å². The van der Waals surface area contributed by atoms with E-state index in [4.69, 9.17) is 16.9 Å². The summed E-state index contributed by atoms with van der Waals surface area (Å²) in [4.78, 5) is 12.8. The van der Waals surface area contributed by atoms with Crippen LogP contribution in [0.5, 0.6) is 0 Å². The van der Waals surface area contributed by atoms with Crippen molar-refractivity contribution in [2.24, 2.45) is 0 Å². The Bertz CT molecular complexity index is 1020. The summed E-state index contributed by atoms with van der Waals surface area (Å²) in [5.74, 6) is -0.205. The summed E-state index contributed by atoms with van der Waals surface area (Å²) >= 11 is 6.24. The number of nitriles is 1. The first-order valence-electron chi connectivity index (χ1n) is 8.54. The fourth-order valence-electron chi connectivity index (χ4n) is 2.96. The Morgan fingerprint density at radius 2 is 1.89 bits per heavy atom. The van der Waals surface area contributed by atoms with E-state index in [1.165, 1.54) is 0 Å². The number of amides is 1. The van der Waals surface area contributed by atoms with Crippen LogP contribution in [0.1, 0.15) is 32.9 Å². The lowest BCUT2D eigenvalue weighted by molar-refractivity contribution is 0.102. The van der Waals surface area contributed by atoms with E-state index in [1.807, 2.05) is 50.2 Å². The highest BCUT2D eigenvalue weighted by molar-refractivity contribution is 6.31. The lowest BCUT2D eigenvalue weighted by atomic mass is 10.1. The van der Waals surface area contributed by atoms with Gasteiger partial charge in [0.1, 0.15) is 0 Å². The molecule has 1 aromatic heterocycles. The van der Waals surface area contributed by atoms with E-state index in [-0.39, 0.29) is 5.91 Å². The molecule has 27 heavy (non-hydrogen) atoms. The van der Waals surface area contributed by atoms with Gasteiger partial charge in [-0.05, 0) is 43.2 Å². The maximum absolute atomic E-state index is 12.8. The third-order valence-corrected chi connectivity index (χ3v) is 4.75. The van der Waals surface area contributed by atoms with Crippen molar-refractivity contribution < 1.29 is 4.79 Å². The van der Waals surface area contributed by atoms with Gasteiger partial charge in [0.2, 0.25) is 0 Å². The molecule has 5 nitrogen and oxygen atoms in total. The Hall–Kier alpha value is -3.10. The minimum atomic E-state index is -0.205. The van der Waals surface area contributed by atoms with Gasteiger partial charge in [-0.2, -0.15) is 10.4 Å². The molecule has 0 radical (unpaired) electrons. The molecule has 6 heteroatoms. The number of hydrogen-bond donors (Lipinski definition) is 1. The van der Waals surface area contributed by atoms with Gasteiger partial charge in [0.05, 0.1) is 30.3 Å². The van der Waals surface area contributed by atoms with Crippen molar-refractivity contribution in [2.45, 2.75) is 26.8 Å². The molecule has 1 N–H and O–H groups in total. The number of nitrogens with one attached hydrogen (secondary N) is 1. The Kier molecular flexibility index (Phi) is 5.58. The average Bonchev–Trinajstić information content (AvgIpc) is 2.92. The second-order valence-electron chi connectivity index (χ2n) is 6.28. The second-order valence-corrected chi connectivity index (χ2v) is 6.69. The number of carbonyl (C=O) groups excluding carboxylic acids is 1. The zero-order valence-electron chi connectivity index (χ0n) is 15.2. The maximum atomic E-state index is 12.8. The van der Waals surface area contributed by atoms with Gasteiger partial charge in [0, 0.05) is 16.4 Å². The molecule has 2 aromatic carbocycles. The first-order chi connectivity index (χ1) is 13.0. The molecule has 0 bridgehead atoms. The molecule has 136 valence electrons. The number of nitrogens with zero attached hydrogens (tertiary/aromatic N) is 3. The van der Waals surface area contributed by atoms with Crippen LogP contribution in [-0.2, 0) is 13.0 Å². The van der Waals surface area contributed by atoms with E-state index in [2.05, 4.69) is 16.5 Å². The van der Waals surface area contributed by atoms with Crippen molar-refractivity contribution >= 4 is 23.2 Å². The molecule has 0 saturated carbocycles. The summed E-state index contributed by atoms with van der Waals surface area (Å²) in [5, 5.41) is 16.8. The third-order valence-electron chi connectivity index (χ3n) is 4.38. The van der Waals surface area contributed by atoms with E-state index in [9.17, 15) is 4.79 Å². The van der Waals surface area contributed by atoms with Crippen molar-refractivity contribution in [1.82, 2.24) is 9.78 Å². The van der Waals surface area contributed by atoms with E-state index < -0.39 is 0 Å². The molecule has 0 saturated heterocycles. The van der Waals surface area contributed by atoms with E-state index in [0.717, 1.165) is 16.8 Å². The molecule has 1 amide bonds. The molecule has 3 rings (SSSR count). The Morgan fingerprint density at radius 3 is 2.56 bits per heavy atom. The molecular weight excluding hydrogens is 360 g/mol. The predicted octanol–water partition coefficient (Wildman–Crippen LogP) is 4.52. The van der Waals surface area contributed by atoms with E-state index >= 15 is 0 Å². The van der Waals surface area contributed by atoms with Gasteiger partial charge in [-0.15, -0.1) is 0 Å². The van der Waals surface area contributed by atoms with Crippen molar-refractivity contribution in [1.29, 1.82) is 5.26 Å². The molecule has 0 fully saturated rings. The standard InChI is InChI=1S/C21H19ClN4O/c1-14-20(21(27)24-18-9-7-16(8-10-18)11-12-23)15(2)26(25-14)13-17-5-3-4-6-19(17)22/h3-10H,11,13H2,1-2H3,(H,24,27). The van der Waals surface area contributed by atoms with Crippen LogP contribution in [0.2, 0.25) is 5.02 Å². The highest BCUT2D eigenvalue weighted by Crippen LogP contribution is 2.20. The second kappa shape index (κ2) is 8.07. The number of carbonyl (C=O) groups is 1. The Morgan fingerprint density at radius 1 is 1.19 bits per heavy atom. The summed E-state index contributed by atoms with van der Waals surface area (Å²) < 4.78 is 1.79. The molecule has 0 unspecified atom stereocenters. The SMILES string of the molecule is Cc1nn(Cc2ccccc2Cl)c(C)c1C(=O)Nc1ccc(CC#N)cc1. The van der Waals surface area contributed by atoms with Crippen molar-refractivity contribution in [3.63, 3.8) is 0 Å². The van der Waals surface area contributed by atoms with Gasteiger partial charge < -0.3 is 5.32 Å². The molecule has 0 aliphatic heterocycles. The Balaban J connectivity index is 1.80. The number of benzene rings is 2. The highest BCUT2D eigenvalue weighted by Gasteiger charge is 2.19. The quantitative estimate of drug-likeness (QED) is 0.709. The largest absolute Gasteiger partial charge is 0.322 e. The summed E-state index contributed by atoms with van der Waals surface area (Å²) in [6.45, 7) is 4.20. The lowest BCUT2D eigenvalue weighted by Gasteiger charge is -2.08. The normalized spacial score (nSPS) is 10.4. The number of anilines is 1. The number of hydrogen-bond acceptors (Lipinski definition) is 3. The van der Waals surface area contributed by atoms with Gasteiger partial charge in [-0.25, -0.2) is 0 Å². The topological polar surface area (TPSA) is 70.7 Å². The molecule has 1 heterocycles. The number of aryl methyl sites for hydroxylation is 1. The molecule has 0 aliphatic rings. The lowest BCUT2D eigenvalue weighted by Crippen LogP contribution is -2.14. The summed E-state index contributed by atoms with van der Waals surface area (Å²) in [6.07, 6.45) is 0.348. The molecular formula is C21H19ClN4O.